The molecule has 3 rings (SSSR count). The van der Waals surface area contributed by atoms with Crippen LogP contribution in [0.1, 0.15) is 28.7 Å². The van der Waals surface area contributed by atoms with Gasteiger partial charge < -0.3 is 14.4 Å². The van der Waals surface area contributed by atoms with E-state index in [-0.39, 0.29) is 11.5 Å². The minimum atomic E-state index is -1.39. The highest BCUT2D eigenvalue weighted by atomic mass is 16.5. The molecule has 1 aromatic carbocycles. The molecule has 2 unspecified atom stereocenters. The minimum absolute atomic E-state index is 0.0263. The summed E-state index contributed by atoms with van der Waals surface area (Å²) in [6, 6.07) is 11.7. The van der Waals surface area contributed by atoms with Gasteiger partial charge in [0, 0.05) is 5.56 Å². The molecule has 0 aliphatic heterocycles. The summed E-state index contributed by atoms with van der Waals surface area (Å²) in [6.45, 7) is 1.59. The third-order valence-electron chi connectivity index (χ3n) is 4.62. The number of hydrogen-bond acceptors (Lipinski definition) is 8. The highest BCUT2D eigenvalue weighted by molar-refractivity contribution is 5.93. The summed E-state index contributed by atoms with van der Waals surface area (Å²) < 4.78 is 10.2. The van der Waals surface area contributed by atoms with Crippen LogP contribution in [0.3, 0.4) is 0 Å². The molecule has 0 aliphatic rings. The molecule has 0 fully saturated rings. The Hall–Kier alpha value is -3.77. The molecule has 30 heavy (non-hydrogen) atoms. The van der Waals surface area contributed by atoms with Crippen molar-refractivity contribution in [1.29, 1.82) is 5.26 Å². The molecule has 9 heteroatoms. The fourth-order valence-corrected chi connectivity index (χ4v) is 2.95. The van der Waals surface area contributed by atoms with Gasteiger partial charge in [-0.1, -0.05) is 35.5 Å². The van der Waals surface area contributed by atoms with Crippen molar-refractivity contribution in [2.75, 3.05) is 12.4 Å². The van der Waals surface area contributed by atoms with Crippen molar-refractivity contribution in [3.8, 4) is 11.8 Å². The van der Waals surface area contributed by atoms with Crippen molar-refractivity contribution < 1.29 is 19.2 Å². The fourth-order valence-electron chi connectivity index (χ4n) is 2.95. The number of benzene rings is 1. The molecule has 2 aromatic heterocycles. The number of carbonyl (C=O) groups is 1. The second-order valence-corrected chi connectivity index (χ2v) is 6.57. The number of carbonyl (C=O) groups excluding carboxylic acids is 1. The van der Waals surface area contributed by atoms with Crippen LogP contribution in [0.2, 0.25) is 0 Å². The molecule has 2 atom stereocenters. The van der Waals surface area contributed by atoms with E-state index < -0.39 is 17.9 Å². The van der Waals surface area contributed by atoms with E-state index in [1.807, 2.05) is 36.4 Å². The lowest BCUT2D eigenvalue weighted by Gasteiger charge is -2.15. The molecule has 2 heterocycles. The van der Waals surface area contributed by atoms with Gasteiger partial charge in [0.15, 0.2) is 11.7 Å². The number of ether oxygens (including phenoxy) is 1. The standard InChI is InChI=1S/C21H21N5O4/c1-13-16(11-24-30-13)19(27)15(10-22)20(28)26-21-23-12-18(29-2)17(25-21)9-8-14-6-4-3-5-7-14/h3-7,11-12,15,19,27H,8-9H2,1-2H3,(H,23,25,26,28). The number of nitrogens with zero attached hydrogens (tertiary/aromatic N) is 4. The molecule has 0 radical (unpaired) electrons. The van der Waals surface area contributed by atoms with Crippen molar-refractivity contribution in [1.82, 2.24) is 15.1 Å². The van der Waals surface area contributed by atoms with Crippen LogP contribution < -0.4 is 10.1 Å². The van der Waals surface area contributed by atoms with E-state index in [1.54, 1.807) is 6.92 Å². The number of hydrogen-bond donors (Lipinski definition) is 2. The average Bonchev–Trinajstić information content (AvgIpc) is 3.19. The quantitative estimate of drug-likeness (QED) is 0.581. The van der Waals surface area contributed by atoms with Gasteiger partial charge in [-0.25, -0.2) is 9.97 Å². The number of aryl methyl sites for hydroxylation is 3. The number of nitriles is 1. The Bertz CT molecular complexity index is 1050. The lowest BCUT2D eigenvalue weighted by Crippen LogP contribution is -2.28. The van der Waals surface area contributed by atoms with Gasteiger partial charge in [-0.15, -0.1) is 0 Å². The number of nitrogens with one attached hydrogen (secondary N) is 1. The highest BCUT2D eigenvalue weighted by Crippen LogP contribution is 2.26. The topological polar surface area (TPSA) is 134 Å². The zero-order valence-corrected chi connectivity index (χ0v) is 16.6. The van der Waals surface area contributed by atoms with E-state index in [4.69, 9.17) is 9.26 Å². The summed E-state index contributed by atoms with van der Waals surface area (Å²) >= 11 is 0. The number of anilines is 1. The largest absolute Gasteiger partial charge is 0.493 e. The van der Waals surface area contributed by atoms with E-state index in [2.05, 4.69) is 20.4 Å². The average molecular weight is 407 g/mol. The Balaban J connectivity index is 1.74. The molecular weight excluding hydrogens is 386 g/mol. The van der Waals surface area contributed by atoms with Crippen LogP contribution >= 0.6 is 0 Å². The van der Waals surface area contributed by atoms with Crippen LogP contribution in [0, 0.1) is 24.2 Å². The maximum Gasteiger partial charge on any atom is 0.247 e. The Morgan fingerprint density at radius 3 is 2.70 bits per heavy atom. The van der Waals surface area contributed by atoms with Crippen LogP contribution in [0.4, 0.5) is 5.95 Å². The number of aliphatic hydroxyl groups excluding tert-OH is 1. The fraction of sp³-hybridized carbons (Fsp3) is 0.286. The molecule has 0 spiro atoms. The molecule has 0 bridgehead atoms. The molecular formula is C21H21N5O4. The van der Waals surface area contributed by atoms with E-state index in [0.29, 0.717) is 23.6 Å². The first-order valence-corrected chi connectivity index (χ1v) is 9.27. The monoisotopic (exact) mass is 407 g/mol. The smallest absolute Gasteiger partial charge is 0.247 e. The third-order valence-corrected chi connectivity index (χ3v) is 4.62. The number of aliphatic hydroxyl groups is 1. The maximum absolute atomic E-state index is 12.6. The van der Waals surface area contributed by atoms with Gasteiger partial charge >= 0.3 is 0 Å². The van der Waals surface area contributed by atoms with Gasteiger partial charge in [-0.2, -0.15) is 5.26 Å². The van der Waals surface area contributed by atoms with Crippen LogP contribution in [0.25, 0.3) is 0 Å². The zero-order valence-electron chi connectivity index (χ0n) is 16.6. The Kier molecular flexibility index (Phi) is 6.72. The SMILES string of the molecule is COc1cnc(NC(=O)C(C#N)C(O)c2cnoc2C)nc1CCc1ccccc1. The summed E-state index contributed by atoms with van der Waals surface area (Å²) in [5.41, 5.74) is 2.03. The Morgan fingerprint density at radius 2 is 2.07 bits per heavy atom. The molecule has 9 nitrogen and oxygen atoms in total. The first-order chi connectivity index (χ1) is 14.5. The van der Waals surface area contributed by atoms with Crippen LogP contribution in [0.15, 0.2) is 47.2 Å². The van der Waals surface area contributed by atoms with Crippen molar-refractivity contribution in [3.63, 3.8) is 0 Å². The van der Waals surface area contributed by atoms with Crippen molar-refractivity contribution >= 4 is 11.9 Å². The summed E-state index contributed by atoms with van der Waals surface area (Å²) in [5.74, 6) is -1.26. The Labute approximate surface area is 173 Å². The normalized spacial score (nSPS) is 12.6. The lowest BCUT2D eigenvalue weighted by molar-refractivity contribution is -0.121. The van der Waals surface area contributed by atoms with Gasteiger partial charge in [0.2, 0.25) is 11.9 Å². The Morgan fingerprint density at radius 1 is 1.30 bits per heavy atom. The lowest BCUT2D eigenvalue weighted by atomic mass is 9.97. The van der Waals surface area contributed by atoms with Gasteiger partial charge in [-0.3, -0.25) is 10.1 Å². The van der Waals surface area contributed by atoms with E-state index >= 15 is 0 Å². The first-order valence-electron chi connectivity index (χ1n) is 9.27. The van der Waals surface area contributed by atoms with Crippen molar-refractivity contribution in [2.24, 2.45) is 5.92 Å². The number of aromatic nitrogens is 3. The predicted molar refractivity (Wildman–Crippen MR) is 106 cm³/mol. The molecule has 154 valence electrons. The minimum Gasteiger partial charge on any atom is -0.493 e. The zero-order chi connectivity index (χ0) is 21.5. The summed E-state index contributed by atoms with van der Waals surface area (Å²) in [5, 5.41) is 25.9. The van der Waals surface area contributed by atoms with Crippen LogP contribution in [0.5, 0.6) is 5.75 Å². The highest BCUT2D eigenvalue weighted by Gasteiger charge is 2.31. The van der Waals surface area contributed by atoms with Crippen LogP contribution in [-0.2, 0) is 17.6 Å². The molecule has 0 saturated carbocycles. The molecule has 0 saturated heterocycles. The van der Waals surface area contributed by atoms with Gasteiger partial charge in [0.25, 0.3) is 0 Å². The van der Waals surface area contributed by atoms with E-state index in [1.165, 1.54) is 19.5 Å². The number of methoxy groups -OCH3 is 1. The molecule has 1 amide bonds. The summed E-state index contributed by atoms with van der Waals surface area (Å²) in [4.78, 5) is 21.0. The maximum atomic E-state index is 12.6. The van der Waals surface area contributed by atoms with E-state index in [9.17, 15) is 15.2 Å². The number of amides is 1. The van der Waals surface area contributed by atoms with Gasteiger partial charge in [-0.05, 0) is 25.3 Å². The molecule has 0 aliphatic carbocycles. The third kappa shape index (κ3) is 4.79. The second kappa shape index (κ2) is 9.62. The number of rotatable bonds is 8. The molecule has 2 N–H and O–H groups in total. The predicted octanol–water partition coefficient (Wildman–Crippen LogP) is 2.38. The van der Waals surface area contributed by atoms with Crippen molar-refractivity contribution in [2.45, 2.75) is 25.9 Å². The second-order valence-electron chi connectivity index (χ2n) is 6.57. The summed E-state index contributed by atoms with van der Waals surface area (Å²) in [6.07, 6.45) is 2.65. The first kappa shape index (κ1) is 21.0. The van der Waals surface area contributed by atoms with Gasteiger partial charge in [0.05, 0.1) is 31.3 Å². The van der Waals surface area contributed by atoms with Crippen molar-refractivity contribution in [3.05, 3.63) is 65.3 Å². The van der Waals surface area contributed by atoms with E-state index in [0.717, 1.165) is 12.0 Å². The van der Waals surface area contributed by atoms with Crippen LogP contribution in [-0.4, -0.2) is 33.2 Å². The summed E-state index contributed by atoms with van der Waals surface area (Å²) in [7, 11) is 1.52. The van der Waals surface area contributed by atoms with Gasteiger partial charge in [0.1, 0.15) is 11.9 Å². The molecule has 3 aromatic rings.